The minimum Gasteiger partial charge on any atom is -0.496 e. The molecular formula is C30H37ClN6O3. The van der Waals surface area contributed by atoms with E-state index in [0.29, 0.717) is 49.4 Å². The molecule has 9 nitrogen and oxygen atoms in total. The molecule has 0 unspecified atom stereocenters. The molecule has 1 aromatic carbocycles. The SMILES string of the molecule is COc1cc(Cl)ccc1[C@H](C1=C(C)C=CCC=N1)N1CCN(C=O)[C@@H](C(=O)N2CCC[C@@H](Cn3ccnc3)C2)C1. The Morgan fingerprint density at radius 3 is 2.90 bits per heavy atom. The number of allylic oxidation sites excluding steroid dienone is 3. The molecular weight excluding hydrogens is 528 g/mol. The fourth-order valence-corrected chi connectivity index (χ4v) is 6.24. The number of likely N-dealkylation sites (tertiary alicyclic amines) is 1. The van der Waals surface area contributed by atoms with Gasteiger partial charge in [-0.25, -0.2) is 4.98 Å². The lowest BCUT2D eigenvalue weighted by molar-refractivity contribution is -0.146. The Hall–Kier alpha value is -3.43. The van der Waals surface area contributed by atoms with E-state index in [-0.39, 0.29) is 11.9 Å². The number of hydrogen-bond acceptors (Lipinski definition) is 6. The van der Waals surface area contributed by atoms with Crippen LogP contribution < -0.4 is 4.74 Å². The summed E-state index contributed by atoms with van der Waals surface area (Å²) in [6.45, 7) is 5.71. The van der Waals surface area contributed by atoms with Crippen LogP contribution in [0.4, 0.5) is 0 Å². The van der Waals surface area contributed by atoms with Gasteiger partial charge >= 0.3 is 0 Å². The van der Waals surface area contributed by atoms with Crippen molar-refractivity contribution in [2.24, 2.45) is 10.9 Å². The van der Waals surface area contributed by atoms with E-state index in [2.05, 4.69) is 33.5 Å². The van der Waals surface area contributed by atoms with Crippen LogP contribution in [-0.4, -0.2) is 88.7 Å². The zero-order valence-corrected chi connectivity index (χ0v) is 23.9. The molecule has 1 aromatic heterocycles. The van der Waals surface area contributed by atoms with Crippen LogP contribution in [0.3, 0.4) is 0 Å². The van der Waals surface area contributed by atoms with E-state index < -0.39 is 6.04 Å². The molecule has 3 aliphatic heterocycles. The number of nitrogens with zero attached hydrogens (tertiary/aromatic N) is 6. The molecule has 2 fully saturated rings. The van der Waals surface area contributed by atoms with Crippen LogP contribution in [0.5, 0.6) is 5.75 Å². The first-order valence-electron chi connectivity index (χ1n) is 13.9. The second kappa shape index (κ2) is 12.8. The van der Waals surface area contributed by atoms with E-state index in [1.165, 1.54) is 0 Å². The van der Waals surface area contributed by atoms with Crippen molar-refractivity contribution in [3.63, 3.8) is 0 Å². The molecule has 10 heteroatoms. The van der Waals surface area contributed by atoms with Gasteiger partial charge in [-0.1, -0.05) is 29.8 Å². The molecule has 3 atom stereocenters. The van der Waals surface area contributed by atoms with Crippen molar-refractivity contribution in [2.75, 3.05) is 39.8 Å². The van der Waals surface area contributed by atoms with E-state index in [0.717, 1.165) is 49.1 Å². The van der Waals surface area contributed by atoms with Crippen molar-refractivity contribution in [1.29, 1.82) is 0 Å². The van der Waals surface area contributed by atoms with Crippen LogP contribution in [0.2, 0.25) is 5.02 Å². The van der Waals surface area contributed by atoms with Crippen molar-refractivity contribution >= 4 is 30.1 Å². The molecule has 0 saturated carbocycles. The molecule has 0 aliphatic carbocycles. The molecule has 2 amide bonds. The first-order valence-corrected chi connectivity index (χ1v) is 14.3. The number of aromatic nitrogens is 2. The number of carbonyl (C=O) groups is 2. The molecule has 2 aromatic rings. The van der Waals surface area contributed by atoms with Gasteiger partial charge in [-0.2, -0.15) is 0 Å². The number of halogens is 1. The van der Waals surface area contributed by atoms with Gasteiger partial charge in [0.2, 0.25) is 12.3 Å². The summed E-state index contributed by atoms with van der Waals surface area (Å²) < 4.78 is 7.84. The topological polar surface area (TPSA) is 83.3 Å². The maximum absolute atomic E-state index is 14.0. The first kappa shape index (κ1) is 28.1. The molecule has 0 N–H and O–H groups in total. The van der Waals surface area contributed by atoms with Gasteiger partial charge in [-0.3, -0.25) is 19.5 Å². The zero-order chi connectivity index (χ0) is 28.1. The highest BCUT2D eigenvalue weighted by atomic mass is 35.5. The predicted molar refractivity (Wildman–Crippen MR) is 155 cm³/mol. The smallest absolute Gasteiger partial charge is 0.246 e. The Kier molecular flexibility index (Phi) is 9.01. The number of piperidine rings is 1. The normalized spacial score (nSPS) is 22.8. The summed E-state index contributed by atoms with van der Waals surface area (Å²) in [5.41, 5.74) is 2.88. The number of ether oxygens (including phenoxy) is 1. The first-order chi connectivity index (χ1) is 19.5. The maximum atomic E-state index is 14.0. The summed E-state index contributed by atoms with van der Waals surface area (Å²) in [5, 5.41) is 0.587. The second-order valence-corrected chi connectivity index (χ2v) is 11.1. The largest absolute Gasteiger partial charge is 0.496 e. The van der Waals surface area contributed by atoms with Crippen LogP contribution in [0.15, 0.2) is 65.3 Å². The van der Waals surface area contributed by atoms with Crippen molar-refractivity contribution < 1.29 is 14.3 Å². The van der Waals surface area contributed by atoms with Crippen molar-refractivity contribution in [2.45, 2.75) is 44.8 Å². The summed E-state index contributed by atoms with van der Waals surface area (Å²) in [6.07, 6.45) is 15.2. The summed E-state index contributed by atoms with van der Waals surface area (Å²) in [4.78, 5) is 41.1. The van der Waals surface area contributed by atoms with Gasteiger partial charge in [0.25, 0.3) is 0 Å². The van der Waals surface area contributed by atoms with Crippen LogP contribution in [0.1, 0.15) is 37.8 Å². The van der Waals surface area contributed by atoms with E-state index in [9.17, 15) is 9.59 Å². The number of piperazine rings is 1. The summed E-state index contributed by atoms with van der Waals surface area (Å²) in [6, 6.07) is 4.80. The van der Waals surface area contributed by atoms with Gasteiger partial charge in [0.1, 0.15) is 11.8 Å². The van der Waals surface area contributed by atoms with Gasteiger partial charge in [-0.15, -0.1) is 0 Å². The third-order valence-electron chi connectivity index (χ3n) is 8.09. The lowest BCUT2D eigenvalue weighted by atomic mass is 9.94. The van der Waals surface area contributed by atoms with Crippen LogP contribution >= 0.6 is 11.6 Å². The quantitative estimate of drug-likeness (QED) is 0.453. The van der Waals surface area contributed by atoms with Gasteiger partial charge in [0.05, 0.1) is 25.2 Å². The molecule has 0 bridgehead atoms. The Balaban J connectivity index is 1.43. The standard InChI is InChI=1S/C30H37ClN6O3/c1-22-6-3-4-10-33-28(22)29(25-9-8-24(31)16-27(25)40-2)35-14-15-37(21-38)26(19-35)30(39)36-12-5-7-23(18-36)17-34-13-11-32-20-34/h3,6,8-11,13,16,20-21,23,26,29H,4-5,7,12,14-15,17-19H2,1-2H3/t23-,26+,29+/m0/s1. The molecule has 4 heterocycles. The highest BCUT2D eigenvalue weighted by molar-refractivity contribution is 6.30. The van der Waals surface area contributed by atoms with Gasteiger partial charge < -0.3 is 19.1 Å². The molecule has 0 radical (unpaired) electrons. The van der Waals surface area contributed by atoms with Crippen LogP contribution in [-0.2, 0) is 16.1 Å². The van der Waals surface area contributed by atoms with E-state index in [1.54, 1.807) is 18.2 Å². The minimum absolute atomic E-state index is 0.00363. The molecule has 2 saturated heterocycles. The van der Waals surface area contributed by atoms with Gasteiger partial charge in [0.15, 0.2) is 0 Å². The Bertz CT molecular complexity index is 1290. The number of methoxy groups -OCH3 is 1. The Labute approximate surface area is 240 Å². The molecule has 5 rings (SSSR count). The van der Waals surface area contributed by atoms with Crippen LogP contribution in [0.25, 0.3) is 0 Å². The van der Waals surface area contributed by atoms with Gasteiger partial charge in [0, 0.05) is 74.9 Å². The number of hydrogen-bond donors (Lipinski definition) is 0. The molecule has 3 aliphatic rings. The number of carbonyl (C=O) groups excluding carboxylic acids is 2. The fraction of sp³-hybridized carbons (Fsp3) is 0.467. The third-order valence-corrected chi connectivity index (χ3v) is 8.33. The van der Waals surface area contributed by atoms with E-state index in [1.807, 2.05) is 41.8 Å². The monoisotopic (exact) mass is 564 g/mol. The number of rotatable bonds is 8. The number of aliphatic imine (C=N–C) groups is 1. The van der Waals surface area contributed by atoms with E-state index >= 15 is 0 Å². The highest BCUT2D eigenvalue weighted by Crippen LogP contribution is 2.40. The lowest BCUT2D eigenvalue weighted by Gasteiger charge is -2.45. The van der Waals surface area contributed by atoms with E-state index in [4.69, 9.17) is 21.3 Å². The predicted octanol–water partition coefficient (Wildman–Crippen LogP) is 3.97. The molecule has 0 spiro atoms. The highest BCUT2D eigenvalue weighted by Gasteiger charge is 2.40. The summed E-state index contributed by atoms with van der Waals surface area (Å²) >= 11 is 6.32. The number of amides is 2. The average Bonchev–Trinajstić information content (AvgIpc) is 3.40. The Morgan fingerprint density at radius 2 is 2.12 bits per heavy atom. The Morgan fingerprint density at radius 1 is 1.25 bits per heavy atom. The second-order valence-electron chi connectivity index (χ2n) is 10.7. The summed E-state index contributed by atoms with van der Waals surface area (Å²) in [5.74, 6) is 1.02. The fourth-order valence-electron chi connectivity index (χ4n) is 6.07. The zero-order valence-electron chi connectivity index (χ0n) is 23.2. The maximum Gasteiger partial charge on any atom is 0.246 e. The summed E-state index contributed by atoms with van der Waals surface area (Å²) in [7, 11) is 1.64. The molecule has 40 heavy (non-hydrogen) atoms. The lowest BCUT2D eigenvalue weighted by Crippen LogP contribution is -2.60. The minimum atomic E-state index is -0.578. The third kappa shape index (κ3) is 6.15. The average molecular weight is 565 g/mol. The van der Waals surface area contributed by atoms with Crippen molar-refractivity contribution in [3.05, 3.63) is 70.9 Å². The molecule has 212 valence electrons. The van der Waals surface area contributed by atoms with Crippen molar-refractivity contribution in [1.82, 2.24) is 24.3 Å². The number of benzene rings is 1. The van der Waals surface area contributed by atoms with Crippen LogP contribution in [0, 0.1) is 5.92 Å². The van der Waals surface area contributed by atoms with Gasteiger partial charge in [-0.05, 0) is 43.4 Å². The van der Waals surface area contributed by atoms with Crippen molar-refractivity contribution in [3.8, 4) is 5.75 Å². The number of imidazole rings is 1.